The third-order valence-corrected chi connectivity index (χ3v) is 6.20. The van der Waals surface area contributed by atoms with Crippen molar-refractivity contribution in [3.63, 3.8) is 0 Å². The van der Waals surface area contributed by atoms with Gasteiger partial charge in [-0.3, -0.25) is 14.4 Å². The van der Waals surface area contributed by atoms with Gasteiger partial charge in [0.25, 0.3) is 5.91 Å². The summed E-state index contributed by atoms with van der Waals surface area (Å²) >= 11 is 0. The van der Waals surface area contributed by atoms with Crippen LogP contribution < -0.4 is 10.6 Å². The molecule has 1 aromatic rings. The maximum Gasteiger partial charge on any atom is 0.255 e. The van der Waals surface area contributed by atoms with Crippen molar-refractivity contribution >= 4 is 23.2 Å². The lowest BCUT2D eigenvalue weighted by Gasteiger charge is -2.40. The lowest BCUT2D eigenvalue weighted by Crippen LogP contribution is -2.43. The first-order valence-corrected chi connectivity index (χ1v) is 9.38. The number of ketones is 2. The first kappa shape index (κ1) is 19.0. The summed E-state index contributed by atoms with van der Waals surface area (Å²) in [4.78, 5) is 39.3. The number of hydrogen-bond donors (Lipinski definition) is 4. The van der Waals surface area contributed by atoms with Crippen molar-refractivity contribution in [2.24, 2.45) is 23.5 Å². The Morgan fingerprint density at radius 3 is 2.45 bits per heavy atom. The molecule has 1 amide bonds. The molecule has 8 heteroatoms. The molecule has 8 nitrogen and oxygen atoms in total. The van der Waals surface area contributed by atoms with E-state index in [4.69, 9.17) is 5.73 Å². The van der Waals surface area contributed by atoms with Gasteiger partial charge in [0.1, 0.15) is 22.8 Å². The number of nitrogens with two attached hydrogens (primary N) is 1. The first-order chi connectivity index (χ1) is 13.6. The van der Waals surface area contributed by atoms with Crippen LogP contribution in [0.1, 0.15) is 28.8 Å². The van der Waals surface area contributed by atoms with Crippen LogP contribution >= 0.6 is 0 Å². The van der Waals surface area contributed by atoms with Gasteiger partial charge in [-0.25, -0.2) is 0 Å². The van der Waals surface area contributed by atoms with Gasteiger partial charge in [0.05, 0.1) is 11.5 Å². The lowest BCUT2D eigenvalue weighted by atomic mass is 9.62. The number of allylic oxidation sites excluding steroid dienone is 3. The smallest absolute Gasteiger partial charge is 0.255 e. The maximum absolute atomic E-state index is 13.2. The molecule has 0 saturated heterocycles. The van der Waals surface area contributed by atoms with Crippen LogP contribution in [0.4, 0.5) is 5.69 Å². The number of aliphatic hydroxyl groups is 2. The Kier molecular flexibility index (Phi) is 4.18. The number of benzene rings is 1. The van der Waals surface area contributed by atoms with Crippen LogP contribution in [0, 0.1) is 17.8 Å². The van der Waals surface area contributed by atoms with Gasteiger partial charge in [-0.1, -0.05) is 0 Å². The molecule has 0 heterocycles. The highest BCUT2D eigenvalue weighted by molar-refractivity contribution is 6.22. The molecule has 0 radical (unpaired) electrons. The number of phenolic OH excluding ortho intramolecular Hbond substituents is 1. The van der Waals surface area contributed by atoms with E-state index in [0.717, 1.165) is 5.69 Å². The molecular formula is C21H22N2O6. The summed E-state index contributed by atoms with van der Waals surface area (Å²) < 4.78 is 0. The van der Waals surface area contributed by atoms with E-state index >= 15 is 0 Å². The minimum absolute atomic E-state index is 0.0343. The fourth-order valence-corrected chi connectivity index (χ4v) is 4.91. The molecule has 0 fully saturated rings. The van der Waals surface area contributed by atoms with E-state index in [1.54, 1.807) is 0 Å². The molecule has 3 unspecified atom stereocenters. The van der Waals surface area contributed by atoms with Crippen molar-refractivity contribution in [1.82, 2.24) is 0 Å². The monoisotopic (exact) mass is 398 g/mol. The Morgan fingerprint density at radius 2 is 1.83 bits per heavy atom. The molecule has 0 aromatic heterocycles. The number of rotatable bonds is 2. The van der Waals surface area contributed by atoms with Gasteiger partial charge in [-0.05, 0) is 36.3 Å². The number of anilines is 1. The highest BCUT2D eigenvalue weighted by Crippen LogP contribution is 2.49. The zero-order chi connectivity index (χ0) is 21.2. The molecule has 0 spiro atoms. The van der Waals surface area contributed by atoms with Gasteiger partial charge in [0.2, 0.25) is 0 Å². The van der Waals surface area contributed by atoms with Gasteiger partial charge in [0, 0.05) is 37.8 Å². The fourth-order valence-electron chi connectivity index (χ4n) is 4.91. The predicted molar refractivity (Wildman–Crippen MR) is 104 cm³/mol. The van der Waals surface area contributed by atoms with E-state index in [9.17, 15) is 29.7 Å². The molecule has 3 aliphatic carbocycles. The van der Waals surface area contributed by atoms with Gasteiger partial charge < -0.3 is 26.0 Å². The van der Waals surface area contributed by atoms with Crippen LogP contribution in [-0.4, -0.2) is 46.9 Å². The maximum atomic E-state index is 13.2. The highest BCUT2D eigenvalue weighted by atomic mass is 16.3. The third kappa shape index (κ3) is 2.70. The number of fused-ring (bicyclic) bond motifs is 3. The number of phenols is 1. The second kappa shape index (κ2) is 6.37. The minimum atomic E-state index is -1.09. The van der Waals surface area contributed by atoms with Crippen molar-refractivity contribution in [1.29, 1.82) is 0 Å². The Balaban J connectivity index is 1.83. The molecule has 0 bridgehead atoms. The molecule has 3 aliphatic rings. The third-order valence-electron chi connectivity index (χ3n) is 6.20. The second-order valence-corrected chi connectivity index (χ2v) is 8.15. The van der Waals surface area contributed by atoms with Crippen LogP contribution in [0.2, 0.25) is 0 Å². The molecule has 152 valence electrons. The number of aromatic hydroxyl groups is 1. The van der Waals surface area contributed by atoms with Gasteiger partial charge in [-0.2, -0.15) is 0 Å². The molecule has 4 rings (SSSR count). The quantitative estimate of drug-likeness (QED) is 0.554. The number of amides is 1. The molecule has 3 atom stereocenters. The number of carbonyl (C=O) groups is 3. The number of carbonyl (C=O) groups excluding carboxylic acids is 3. The topological polar surface area (TPSA) is 141 Å². The van der Waals surface area contributed by atoms with E-state index in [1.807, 2.05) is 25.1 Å². The summed E-state index contributed by atoms with van der Waals surface area (Å²) in [5.41, 5.74) is 6.36. The van der Waals surface area contributed by atoms with Crippen LogP contribution in [0.15, 0.2) is 34.8 Å². The molecule has 1 aromatic carbocycles. The summed E-state index contributed by atoms with van der Waals surface area (Å²) in [7, 11) is 3.65. The number of primary amides is 1. The molecule has 0 aliphatic heterocycles. The minimum Gasteiger partial charge on any atom is -0.511 e. The molecule has 5 N–H and O–H groups in total. The van der Waals surface area contributed by atoms with Crippen molar-refractivity contribution in [2.45, 2.75) is 19.3 Å². The largest absolute Gasteiger partial charge is 0.511 e. The number of hydrogen-bond acceptors (Lipinski definition) is 7. The zero-order valence-corrected chi connectivity index (χ0v) is 16.1. The van der Waals surface area contributed by atoms with E-state index in [0.29, 0.717) is 18.4 Å². The van der Waals surface area contributed by atoms with Crippen LogP contribution in [0.25, 0.3) is 0 Å². The number of nitrogens with zero attached hydrogens (tertiary/aromatic N) is 1. The molecule has 29 heavy (non-hydrogen) atoms. The van der Waals surface area contributed by atoms with Crippen LogP contribution in [0.3, 0.4) is 0 Å². The summed E-state index contributed by atoms with van der Waals surface area (Å²) in [5, 5.41) is 31.5. The van der Waals surface area contributed by atoms with E-state index in [1.165, 1.54) is 6.07 Å². The van der Waals surface area contributed by atoms with Crippen molar-refractivity contribution < 1.29 is 29.7 Å². The second-order valence-electron chi connectivity index (χ2n) is 8.15. The molecular weight excluding hydrogens is 376 g/mol. The first-order valence-electron chi connectivity index (χ1n) is 9.38. The average Bonchev–Trinajstić information content (AvgIpc) is 2.59. The Labute approximate surface area is 166 Å². The van der Waals surface area contributed by atoms with Gasteiger partial charge in [0.15, 0.2) is 11.6 Å². The Hall–Kier alpha value is -3.29. The SMILES string of the molecule is CN(C)c1cc(O)c2c(c1)CC1CC3CC(O)=C(C(N)=O)C(=O)C3C(O)=C1C2=O. The van der Waals surface area contributed by atoms with Crippen LogP contribution in [-0.2, 0) is 16.0 Å². The standard InChI is InChI=1S/C21H22N2O6/c1-23(2)11-5-9-3-8-4-10-6-12(24)17(21(22)29)20(28)16(10)19(27)15(8)18(26)14(9)13(25)7-11/h5,7-8,10,16,24-25,27H,3-4,6H2,1-2H3,(H2,22,29). The van der Waals surface area contributed by atoms with E-state index < -0.39 is 34.9 Å². The van der Waals surface area contributed by atoms with E-state index in [2.05, 4.69) is 0 Å². The Bertz CT molecular complexity index is 1040. The summed E-state index contributed by atoms with van der Waals surface area (Å²) in [5.74, 6) is -5.12. The van der Waals surface area contributed by atoms with E-state index in [-0.39, 0.29) is 40.7 Å². The summed E-state index contributed by atoms with van der Waals surface area (Å²) in [6.45, 7) is 0. The van der Waals surface area contributed by atoms with Gasteiger partial charge in [-0.15, -0.1) is 0 Å². The number of Topliss-reactive ketones (excluding diaryl/α,β-unsaturated/α-hetero) is 2. The lowest BCUT2D eigenvalue weighted by molar-refractivity contribution is -0.126. The predicted octanol–water partition coefficient (Wildman–Crippen LogP) is 1.53. The van der Waals surface area contributed by atoms with Gasteiger partial charge >= 0.3 is 0 Å². The summed E-state index contributed by atoms with van der Waals surface area (Å²) in [6, 6.07) is 3.32. The Morgan fingerprint density at radius 1 is 1.14 bits per heavy atom. The van der Waals surface area contributed by atoms with Crippen LogP contribution in [0.5, 0.6) is 5.75 Å². The van der Waals surface area contributed by atoms with Crippen molar-refractivity contribution in [3.8, 4) is 5.75 Å². The summed E-state index contributed by atoms with van der Waals surface area (Å²) in [6.07, 6.45) is 0.844. The van der Waals surface area contributed by atoms with Crippen molar-refractivity contribution in [2.75, 3.05) is 19.0 Å². The molecule has 0 saturated carbocycles. The number of aliphatic hydroxyl groups excluding tert-OH is 2. The fraction of sp³-hybridized carbons (Fsp3) is 0.381. The normalized spacial score (nSPS) is 26.1. The zero-order valence-electron chi connectivity index (χ0n) is 16.1. The van der Waals surface area contributed by atoms with Crippen molar-refractivity contribution in [3.05, 3.63) is 45.9 Å². The average molecular weight is 398 g/mol. The highest BCUT2D eigenvalue weighted by Gasteiger charge is 2.50.